The Balaban J connectivity index is 2.26. The average Bonchev–Trinajstić information content (AvgIpc) is 2.39. The Morgan fingerprint density at radius 1 is 0.889 bits per heavy atom. The van der Waals surface area contributed by atoms with Crippen LogP contribution in [0.3, 0.4) is 0 Å². The molecule has 0 amide bonds. The lowest BCUT2D eigenvalue weighted by Gasteiger charge is -2.06. The minimum atomic E-state index is 0.0849. The Morgan fingerprint density at radius 3 is 1.78 bits per heavy atom. The van der Waals surface area contributed by atoms with E-state index in [0.29, 0.717) is 5.92 Å². The van der Waals surface area contributed by atoms with Crippen LogP contribution in [0.5, 0.6) is 0 Å². The van der Waals surface area contributed by atoms with Crippen molar-refractivity contribution in [2.75, 3.05) is 0 Å². The molecule has 2 rings (SSSR count). The first-order valence-electron chi connectivity index (χ1n) is 5.98. The Kier molecular flexibility index (Phi) is 4.17. The molecule has 0 bridgehead atoms. The van der Waals surface area contributed by atoms with Crippen LogP contribution in [0.2, 0.25) is 0 Å². The van der Waals surface area contributed by atoms with E-state index < -0.39 is 0 Å². The van der Waals surface area contributed by atoms with Crippen molar-refractivity contribution in [3.05, 3.63) is 68.8 Å². The van der Waals surface area contributed by atoms with Gasteiger partial charge in [0, 0.05) is 14.7 Å². The van der Waals surface area contributed by atoms with Crippen molar-refractivity contribution in [2.45, 2.75) is 19.8 Å². The number of carbonyl (C=O) groups excluding carboxylic acids is 1. The van der Waals surface area contributed by atoms with Gasteiger partial charge >= 0.3 is 0 Å². The van der Waals surface area contributed by atoms with Crippen LogP contribution in [0.25, 0.3) is 0 Å². The zero-order valence-electron chi connectivity index (χ0n) is 10.5. The van der Waals surface area contributed by atoms with Crippen LogP contribution in [0.15, 0.2) is 48.5 Å². The van der Waals surface area contributed by atoms with Crippen molar-refractivity contribution in [3.8, 4) is 0 Å². The van der Waals surface area contributed by atoms with Crippen LogP contribution in [0.1, 0.15) is 41.3 Å². The third-order valence-electron chi connectivity index (χ3n) is 2.95. The molecule has 2 heteroatoms. The highest BCUT2D eigenvalue weighted by atomic mass is 127. The van der Waals surface area contributed by atoms with Crippen LogP contribution in [-0.4, -0.2) is 5.78 Å². The molecular weight excluding hydrogens is 335 g/mol. The monoisotopic (exact) mass is 350 g/mol. The lowest BCUT2D eigenvalue weighted by atomic mass is 9.98. The normalized spacial score (nSPS) is 10.7. The van der Waals surface area contributed by atoms with E-state index in [2.05, 4.69) is 36.4 Å². The molecule has 0 saturated heterocycles. The Morgan fingerprint density at radius 2 is 1.33 bits per heavy atom. The standard InChI is InChI=1S/C16H15IO/c1-11(2)12-3-5-13(6-4-12)16(18)14-7-9-15(17)10-8-14/h3-11H,1-2H3. The van der Waals surface area contributed by atoms with E-state index in [1.807, 2.05) is 48.5 Å². The molecule has 0 aliphatic carbocycles. The molecule has 0 atom stereocenters. The molecule has 0 unspecified atom stereocenters. The number of rotatable bonds is 3. The van der Waals surface area contributed by atoms with Crippen molar-refractivity contribution >= 4 is 28.4 Å². The van der Waals surface area contributed by atoms with E-state index in [1.54, 1.807) is 0 Å². The third kappa shape index (κ3) is 2.99. The number of ketones is 1. The first kappa shape index (κ1) is 13.3. The van der Waals surface area contributed by atoms with Gasteiger partial charge in [-0.3, -0.25) is 4.79 Å². The molecule has 2 aromatic carbocycles. The predicted octanol–water partition coefficient (Wildman–Crippen LogP) is 4.65. The topological polar surface area (TPSA) is 17.1 Å². The second-order valence-electron chi connectivity index (χ2n) is 4.61. The average molecular weight is 350 g/mol. The van der Waals surface area contributed by atoms with Crippen molar-refractivity contribution < 1.29 is 4.79 Å². The molecule has 1 nitrogen and oxygen atoms in total. The summed E-state index contributed by atoms with van der Waals surface area (Å²) < 4.78 is 1.14. The minimum Gasteiger partial charge on any atom is -0.289 e. The van der Waals surface area contributed by atoms with Crippen molar-refractivity contribution in [1.29, 1.82) is 0 Å². The van der Waals surface area contributed by atoms with Crippen LogP contribution >= 0.6 is 22.6 Å². The second-order valence-corrected chi connectivity index (χ2v) is 5.86. The van der Waals surface area contributed by atoms with Gasteiger partial charge in [-0.1, -0.05) is 38.1 Å². The molecule has 0 spiro atoms. The maximum atomic E-state index is 12.2. The summed E-state index contributed by atoms with van der Waals surface area (Å²) in [4.78, 5) is 12.2. The number of halogens is 1. The number of hydrogen-bond acceptors (Lipinski definition) is 1. The van der Waals surface area contributed by atoms with Crippen molar-refractivity contribution in [1.82, 2.24) is 0 Å². The molecule has 0 aliphatic heterocycles. The van der Waals surface area contributed by atoms with Gasteiger partial charge in [0.1, 0.15) is 0 Å². The van der Waals surface area contributed by atoms with Gasteiger partial charge in [0.15, 0.2) is 5.78 Å². The van der Waals surface area contributed by atoms with E-state index in [4.69, 9.17) is 0 Å². The summed E-state index contributed by atoms with van der Waals surface area (Å²) in [6, 6.07) is 15.5. The fourth-order valence-electron chi connectivity index (χ4n) is 1.79. The molecule has 92 valence electrons. The van der Waals surface area contributed by atoms with Gasteiger partial charge in [-0.25, -0.2) is 0 Å². The summed E-state index contributed by atoms with van der Waals surface area (Å²) in [7, 11) is 0. The van der Waals surface area contributed by atoms with Gasteiger partial charge in [-0.05, 0) is 58.3 Å². The van der Waals surface area contributed by atoms with Gasteiger partial charge in [0.05, 0.1) is 0 Å². The highest BCUT2D eigenvalue weighted by Crippen LogP contribution is 2.17. The molecule has 18 heavy (non-hydrogen) atoms. The number of carbonyl (C=O) groups is 1. The van der Waals surface area contributed by atoms with E-state index in [-0.39, 0.29) is 5.78 Å². The number of hydrogen-bond donors (Lipinski definition) is 0. The zero-order chi connectivity index (χ0) is 13.1. The van der Waals surface area contributed by atoms with Gasteiger partial charge in [0.25, 0.3) is 0 Å². The van der Waals surface area contributed by atoms with Crippen LogP contribution < -0.4 is 0 Å². The van der Waals surface area contributed by atoms with E-state index in [1.165, 1.54) is 5.56 Å². The van der Waals surface area contributed by atoms with E-state index in [0.717, 1.165) is 14.7 Å². The smallest absolute Gasteiger partial charge is 0.193 e. The van der Waals surface area contributed by atoms with E-state index >= 15 is 0 Å². The molecule has 0 N–H and O–H groups in total. The van der Waals surface area contributed by atoms with Gasteiger partial charge in [0.2, 0.25) is 0 Å². The second kappa shape index (κ2) is 5.65. The van der Waals surface area contributed by atoms with Crippen molar-refractivity contribution in [2.24, 2.45) is 0 Å². The summed E-state index contributed by atoms with van der Waals surface area (Å²) in [5, 5.41) is 0. The third-order valence-corrected chi connectivity index (χ3v) is 3.67. The molecular formula is C16H15IO. The maximum absolute atomic E-state index is 12.2. The molecule has 0 heterocycles. The molecule has 0 saturated carbocycles. The fourth-order valence-corrected chi connectivity index (χ4v) is 2.15. The number of benzene rings is 2. The first-order chi connectivity index (χ1) is 8.58. The summed E-state index contributed by atoms with van der Waals surface area (Å²) in [5.41, 5.74) is 2.75. The molecule has 0 fully saturated rings. The van der Waals surface area contributed by atoms with Gasteiger partial charge < -0.3 is 0 Å². The molecule has 0 aromatic heterocycles. The summed E-state index contributed by atoms with van der Waals surface area (Å²) >= 11 is 2.23. The highest BCUT2D eigenvalue weighted by molar-refractivity contribution is 14.1. The molecule has 0 aliphatic rings. The van der Waals surface area contributed by atoms with E-state index in [9.17, 15) is 4.79 Å². The summed E-state index contributed by atoms with van der Waals surface area (Å²) in [6.07, 6.45) is 0. The van der Waals surface area contributed by atoms with Crippen LogP contribution in [0.4, 0.5) is 0 Å². The predicted molar refractivity (Wildman–Crippen MR) is 83.1 cm³/mol. The Bertz CT molecular complexity index is 538. The summed E-state index contributed by atoms with van der Waals surface area (Å²) in [6.45, 7) is 4.30. The van der Waals surface area contributed by atoms with Crippen molar-refractivity contribution in [3.63, 3.8) is 0 Å². The highest BCUT2D eigenvalue weighted by Gasteiger charge is 2.09. The zero-order valence-corrected chi connectivity index (χ0v) is 12.6. The largest absolute Gasteiger partial charge is 0.289 e. The molecule has 0 radical (unpaired) electrons. The van der Waals surface area contributed by atoms with Gasteiger partial charge in [-0.2, -0.15) is 0 Å². The Hall–Kier alpha value is -1.16. The Labute approximate surface area is 121 Å². The first-order valence-corrected chi connectivity index (χ1v) is 7.06. The summed E-state index contributed by atoms with van der Waals surface area (Å²) in [5.74, 6) is 0.578. The van der Waals surface area contributed by atoms with Crippen LogP contribution in [0, 0.1) is 3.57 Å². The lowest BCUT2D eigenvalue weighted by molar-refractivity contribution is 0.103. The minimum absolute atomic E-state index is 0.0849. The fraction of sp³-hybridized carbons (Fsp3) is 0.188. The quantitative estimate of drug-likeness (QED) is 0.582. The lowest BCUT2D eigenvalue weighted by Crippen LogP contribution is -2.01. The maximum Gasteiger partial charge on any atom is 0.193 e. The van der Waals surface area contributed by atoms with Crippen LogP contribution in [-0.2, 0) is 0 Å². The van der Waals surface area contributed by atoms with Gasteiger partial charge in [-0.15, -0.1) is 0 Å². The molecule has 2 aromatic rings. The SMILES string of the molecule is CC(C)c1ccc(C(=O)c2ccc(I)cc2)cc1.